The molecule has 0 fully saturated rings. The fourth-order valence-electron chi connectivity index (χ4n) is 11.7. The van der Waals surface area contributed by atoms with Crippen molar-refractivity contribution in [2.75, 3.05) is 9.80 Å². The van der Waals surface area contributed by atoms with Gasteiger partial charge in [-0.2, -0.15) is 0 Å². The zero-order chi connectivity index (χ0) is 46.6. The Hall–Kier alpha value is -6.24. The molecule has 13 rings (SSSR count). The molecule has 6 heteroatoms. The van der Waals surface area contributed by atoms with Gasteiger partial charge in [-0.15, -0.1) is 11.3 Å². The van der Waals surface area contributed by atoms with Crippen LogP contribution >= 0.6 is 11.3 Å². The Labute approximate surface area is 398 Å². The number of nitrogens with zero attached hydrogens (tertiary/aromatic N) is 3. The van der Waals surface area contributed by atoms with Crippen molar-refractivity contribution >= 4 is 122 Å². The first-order valence-electron chi connectivity index (χ1n) is 24.2. The number of thiophene rings is 1. The van der Waals surface area contributed by atoms with Crippen LogP contribution in [0.4, 0.5) is 34.1 Å². The van der Waals surface area contributed by atoms with E-state index < -0.39 is 0 Å². The summed E-state index contributed by atoms with van der Waals surface area (Å²) in [6.45, 7) is 30.3. The van der Waals surface area contributed by atoms with Gasteiger partial charge in [0.2, 0.25) is 0 Å². The molecule has 0 bridgehead atoms. The molecule has 4 nitrogen and oxygen atoms in total. The van der Waals surface area contributed by atoms with E-state index in [0.717, 1.165) is 22.3 Å². The van der Waals surface area contributed by atoms with E-state index in [0.29, 0.717) is 0 Å². The number of benzene rings is 7. The Bertz CT molecular complexity index is 3830. The van der Waals surface area contributed by atoms with E-state index in [1.165, 1.54) is 115 Å². The summed E-state index contributed by atoms with van der Waals surface area (Å²) in [5.41, 5.74) is 21.9. The fourth-order valence-corrected chi connectivity index (χ4v) is 12.9. The van der Waals surface area contributed by atoms with Crippen molar-refractivity contribution in [3.63, 3.8) is 0 Å². The Balaban J connectivity index is 1.22. The van der Waals surface area contributed by atoms with E-state index in [4.69, 9.17) is 4.42 Å². The predicted octanol–water partition coefficient (Wildman–Crippen LogP) is 15.8. The largest absolute Gasteiger partial charge is 0.468 e. The molecule has 0 amide bonds. The standard InChI is InChI=1S/C61H58BN3OS/c1-33-25-46-52-47(26-33)65-48-31-36(60(8,9)10)29-41-40-27-34(58(2,3)4)21-23-44(40)63(53(41)48)49-32-37(61(11,12)13)30-43(55(49)65)62(52)57-54(42-28-35(59(5,6)7)22-24-50(42)66-57)64(46)45-19-16-18-39-38-17-14-15-20-51(38)67-56(39)45/h14-32H,1-13H3. The molecule has 3 aliphatic rings. The second-order valence-electron chi connectivity index (χ2n) is 24.0. The van der Waals surface area contributed by atoms with E-state index >= 15 is 0 Å². The highest BCUT2D eigenvalue weighted by atomic mass is 32.1. The minimum Gasteiger partial charge on any atom is -0.468 e. The Morgan fingerprint density at radius 3 is 1.78 bits per heavy atom. The predicted molar refractivity (Wildman–Crippen MR) is 291 cm³/mol. The van der Waals surface area contributed by atoms with E-state index in [9.17, 15) is 0 Å². The first kappa shape index (κ1) is 41.0. The summed E-state index contributed by atoms with van der Waals surface area (Å²) in [6, 6.07) is 45.0. The molecule has 10 aromatic rings. The van der Waals surface area contributed by atoms with Crippen molar-refractivity contribution < 1.29 is 4.42 Å². The number of fused-ring (bicyclic) bond motifs is 14. The Morgan fingerprint density at radius 1 is 0.478 bits per heavy atom. The lowest BCUT2D eigenvalue weighted by atomic mass is 9.35. The van der Waals surface area contributed by atoms with E-state index in [1.54, 1.807) is 0 Å². The van der Waals surface area contributed by atoms with Crippen LogP contribution in [0.15, 0.2) is 120 Å². The summed E-state index contributed by atoms with van der Waals surface area (Å²) < 4.78 is 12.7. The molecule has 6 heterocycles. The quantitative estimate of drug-likeness (QED) is 0.154. The second-order valence-corrected chi connectivity index (χ2v) is 25.0. The van der Waals surface area contributed by atoms with E-state index in [1.807, 2.05) is 11.3 Å². The van der Waals surface area contributed by atoms with E-state index in [2.05, 4.69) is 220 Å². The molecule has 67 heavy (non-hydrogen) atoms. The van der Waals surface area contributed by atoms with Crippen molar-refractivity contribution in [1.29, 1.82) is 0 Å². The molecule has 0 aliphatic carbocycles. The first-order chi connectivity index (χ1) is 31.7. The summed E-state index contributed by atoms with van der Waals surface area (Å²) >= 11 is 1.90. The molecule has 0 unspecified atom stereocenters. The van der Waals surface area contributed by atoms with Crippen LogP contribution in [0.2, 0.25) is 0 Å². The maximum atomic E-state index is 7.50. The second kappa shape index (κ2) is 13.0. The summed E-state index contributed by atoms with van der Waals surface area (Å²) in [7, 11) is 0. The van der Waals surface area contributed by atoms with Gasteiger partial charge < -0.3 is 18.8 Å². The zero-order valence-corrected chi connectivity index (χ0v) is 42.0. The van der Waals surface area contributed by atoms with Gasteiger partial charge in [0.05, 0.1) is 49.8 Å². The number of rotatable bonds is 1. The van der Waals surface area contributed by atoms with Crippen LogP contribution in [0.5, 0.6) is 0 Å². The summed E-state index contributed by atoms with van der Waals surface area (Å²) in [5.74, 6) is 0. The lowest BCUT2D eigenvalue weighted by Crippen LogP contribution is -2.61. The van der Waals surface area contributed by atoms with E-state index in [-0.39, 0.29) is 28.4 Å². The zero-order valence-electron chi connectivity index (χ0n) is 41.2. The monoisotopic (exact) mass is 891 g/mol. The van der Waals surface area contributed by atoms with Crippen molar-refractivity contribution in [2.24, 2.45) is 0 Å². The minimum absolute atomic E-state index is 0.00596. The third kappa shape index (κ3) is 5.60. The molecule has 332 valence electrons. The molecule has 0 atom stereocenters. The van der Waals surface area contributed by atoms with Gasteiger partial charge in [0.25, 0.3) is 6.71 Å². The maximum Gasteiger partial charge on any atom is 0.297 e. The Morgan fingerprint density at radius 2 is 1.07 bits per heavy atom. The normalized spacial score (nSPS) is 14.6. The van der Waals surface area contributed by atoms with Gasteiger partial charge >= 0.3 is 0 Å². The van der Waals surface area contributed by atoms with Gasteiger partial charge in [-0.3, -0.25) is 0 Å². The van der Waals surface area contributed by atoms with Crippen molar-refractivity contribution in [3.05, 3.63) is 143 Å². The van der Waals surface area contributed by atoms with Gasteiger partial charge in [-0.05, 0) is 134 Å². The molecule has 0 radical (unpaired) electrons. The van der Waals surface area contributed by atoms with Crippen LogP contribution < -0.4 is 26.4 Å². The third-order valence-electron chi connectivity index (χ3n) is 15.3. The minimum atomic E-state index is -0.159. The van der Waals surface area contributed by atoms with Gasteiger partial charge in [0.15, 0.2) is 0 Å². The molecule has 0 spiro atoms. The molecule has 0 saturated heterocycles. The molecule has 0 N–H and O–H groups in total. The number of anilines is 6. The Kier molecular flexibility index (Phi) is 7.98. The number of aromatic nitrogens is 1. The number of furan rings is 1. The van der Waals surface area contributed by atoms with Crippen LogP contribution in [-0.4, -0.2) is 11.3 Å². The topological polar surface area (TPSA) is 24.6 Å². The van der Waals surface area contributed by atoms with Crippen LogP contribution in [0.25, 0.3) is 58.6 Å². The molecule has 3 aliphatic heterocycles. The molecular formula is C61H58BN3OS. The third-order valence-corrected chi connectivity index (χ3v) is 16.5. The molecule has 3 aromatic heterocycles. The summed E-state index contributed by atoms with van der Waals surface area (Å²) in [4.78, 5) is 5.27. The van der Waals surface area contributed by atoms with Crippen molar-refractivity contribution in [2.45, 2.75) is 112 Å². The first-order valence-corrected chi connectivity index (χ1v) is 25.0. The van der Waals surface area contributed by atoms with Crippen LogP contribution in [-0.2, 0) is 21.7 Å². The average Bonchev–Trinajstić information content (AvgIpc) is 3.94. The smallest absolute Gasteiger partial charge is 0.297 e. The van der Waals surface area contributed by atoms with Gasteiger partial charge in [-0.1, -0.05) is 132 Å². The molecular weight excluding hydrogens is 834 g/mol. The molecule has 0 saturated carbocycles. The van der Waals surface area contributed by atoms with Crippen molar-refractivity contribution in [1.82, 2.24) is 4.57 Å². The van der Waals surface area contributed by atoms with Crippen LogP contribution in [0, 0.1) is 6.92 Å². The molecule has 7 aromatic carbocycles. The van der Waals surface area contributed by atoms with Gasteiger partial charge in [-0.25, -0.2) is 0 Å². The fraction of sp³-hybridized carbons (Fsp3) is 0.279. The van der Waals surface area contributed by atoms with Crippen LogP contribution in [0.1, 0.15) is 111 Å². The lowest BCUT2D eigenvalue weighted by Gasteiger charge is -2.45. The van der Waals surface area contributed by atoms with Gasteiger partial charge in [0.1, 0.15) is 5.58 Å². The highest BCUT2D eigenvalue weighted by Crippen LogP contribution is 2.56. The van der Waals surface area contributed by atoms with Gasteiger partial charge in [0, 0.05) is 43.0 Å². The average molecular weight is 892 g/mol. The number of aryl methyl sites for hydroxylation is 1. The summed E-state index contributed by atoms with van der Waals surface area (Å²) in [6.07, 6.45) is 0. The maximum absolute atomic E-state index is 7.50. The number of hydrogen-bond donors (Lipinski definition) is 0. The SMILES string of the molecule is Cc1cc2c3c(c1)N1c4c(cc(C(C)(C)C)cc4-n4c5ccc(C(C)(C)C)cc5c5cc(C(C)(C)C)cc1c54)B3c1oc3ccc(C(C)(C)C)cc3c1N2c1cccc2c1sc1ccccc12. The highest BCUT2D eigenvalue weighted by molar-refractivity contribution is 7.26. The summed E-state index contributed by atoms with van der Waals surface area (Å²) in [5, 5.41) is 6.37. The van der Waals surface area contributed by atoms with Crippen LogP contribution in [0.3, 0.4) is 0 Å². The van der Waals surface area contributed by atoms with Crippen molar-refractivity contribution in [3.8, 4) is 5.69 Å². The highest BCUT2D eigenvalue weighted by Gasteiger charge is 2.50. The number of hydrogen-bond acceptors (Lipinski definition) is 4. The lowest BCUT2D eigenvalue weighted by molar-refractivity contribution is 0.589.